The molecule has 4 nitrogen and oxygen atoms in total. The molecule has 0 aliphatic heterocycles. The van der Waals surface area contributed by atoms with Gasteiger partial charge >= 0.3 is 5.69 Å². The molecule has 0 aliphatic rings. The van der Waals surface area contributed by atoms with E-state index in [1.807, 2.05) is 13.8 Å². The maximum Gasteiger partial charge on any atom is 0.328 e. The smallest absolute Gasteiger partial charge is 0.295 e. The topological polar surface area (TPSA) is 54.9 Å². The van der Waals surface area contributed by atoms with Gasteiger partial charge in [-0.25, -0.2) is 4.79 Å². The van der Waals surface area contributed by atoms with Crippen molar-refractivity contribution in [3.8, 4) is 0 Å². The molecule has 0 unspecified atom stereocenters. The summed E-state index contributed by atoms with van der Waals surface area (Å²) in [6, 6.07) is 1.40. The van der Waals surface area contributed by atoms with Crippen molar-refractivity contribution < 1.29 is 0 Å². The summed E-state index contributed by atoms with van der Waals surface area (Å²) >= 11 is 0. The molecule has 0 fully saturated rings. The fourth-order valence-corrected chi connectivity index (χ4v) is 2.00. The van der Waals surface area contributed by atoms with Crippen LogP contribution in [0.25, 0.3) is 0 Å². The average Bonchev–Trinajstić information content (AvgIpc) is 2.24. The Hall–Kier alpha value is -1.32. The Labute approximate surface area is 102 Å². The van der Waals surface area contributed by atoms with Gasteiger partial charge in [-0.3, -0.25) is 14.3 Å². The molecule has 0 atom stereocenters. The van der Waals surface area contributed by atoms with E-state index in [0.717, 1.165) is 12.8 Å². The van der Waals surface area contributed by atoms with Crippen molar-refractivity contribution in [2.75, 3.05) is 0 Å². The molecular formula is C13H22N2O2. The summed E-state index contributed by atoms with van der Waals surface area (Å²) < 4.78 is 1.61. The predicted molar refractivity (Wildman–Crippen MR) is 69.4 cm³/mol. The molecule has 1 rings (SSSR count). The lowest BCUT2D eigenvalue weighted by molar-refractivity contribution is 0.300. The van der Waals surface area contributed by atoms with Crippen LogP contribution in [0.1, 0.15) is 52.9 Å². The number of rotatable bonds is 6. The van der Waals surface area contributed by atoms with Crippen LogP contribution in [0.3, 0.4) is 0 Å². The monoisotopic (exact) mass is 238 g/mol. The van der Waals surface area contributed by atoms with Gasteiger partial charge in [0.05, 0.1) is 0 Å². The SMILES string of the molecule is CCCCCCC(C)(C)n1ccc(=O)[nH]c1=O. The van der Waals surface area contributed by atoms with Gasteiger partial charge in [0.25, 0.3) is 5.56 Å². The molecule has 0 amide bonds. The van der Waals surface area contributed by atoms with E-state index < -0.39 is 0 Å². The minimum atomic E-state index is -0.340. The molecule has 0 saturated heterocycles. The van der Waals surface area contributed by atoms with Crippen LogP contribution in [-0.2, 0) is 5.54 Å². The van der Waals surface area contributed by atoms with Crippen LogP contribution in [0.4, 0.5) is 0 Å². The third kappa shape index (κ3) is 3.88. The standard InChI is InChI=1S/C13H22N2O2/c1-4-5-6-7-9-13(2,3)15-10-8-11(16)14-12(15)17/h8,10H,4-7,9H2,1-3H3,(H,14,16,17). The van der Waals surface area contributed by atoms with E-state index in [1.54, 1.807) is 10.8 Å². The number of H-pyrrole nitrogens is 1. The number of unbranched alkanes of at least 4 members (excludes halogenated alkanes) is 3. The predicted octanol–water partition coefficient (Wildman–Crippen LogP) is 2.24. The number of nitrogens with one attached hydrogen (secondary N) is 1. The minimum Gasteiger partial charge on any atom is -0.295 e. The van der Waals surface area contributed by atoms with E-state index in [4.69, 9.17) is 0 Å². The van der Waals surface area contributed by atoms with Crippen LogP contribution in [-0.4, -0.2) is 9.55 Å². The van der Waals surface area contributed by atoms with Crippen molar-refractivity contribution >= 4 is 0 Å². The second kappa shape index (κ2) is 5.84. The zero-order valence-corrected chi connectivity index (χ0v) is 11.0. The summed E-state index contributed by atoms with van der Waals surface area (Å²) in [6.45, 7) is 6.23. The van der Waals surface area contributed by atoms with Crippen molar-refractivity contribution in [2.24, 2.45) is 0 Å². The lowest BCUT2D eigenvalue weighted by atomic mass is 9.96. The first-order chi connectivity index (χ1) is 7.97. The van der Waals surface area contributed by atoms with Crippen LogP contribution < -0.4 is 11.2 Å². The summed E-state index contributed by atoms with van der Waals surface area (Å²) in [5, 5.41) is 0. The van der Waals surface area contributed by atoms with Gasteiger partial charge in [-0.15, -0.1) is 0 Å². The summed E-state index contributed by atoms with van der Waals surface area (Å²) in [4.78, 5) is 25.0. The van der Waals surface area contributed by atoms with Gasteiger partial charge in [0, 0.05) is 17.8 Å². The number of nitrogens with zero attached hydrogens (tertiary/aromatic N) is 1. The first-order valence-corrected chi connectivity index (χ1v) is 6.30. The molecule has 0 radical (unpaired) electrons. The third-order valence-corrected chi connectivity index (χ3v) is 3.12. The Morgan fingerprint density at radius 1 is 1.24 bits per heavy atom. The lowest BCUT2D eigenvalue weighted by Gasteiger charge is -2.27. The van der Waals surface area contributed by atoms with Gasteiger partial charge in [0.2, 0.25) is 0 Å². The van der Waals surface area contributed by atoms with E-state index in [-0.39, 0.29) is 16.8 Å². The normalized spacial score (nSPS) is 11.7. The molecule has 1 N–H and O–H groups in total. The lowest BCUT2D eigenvalue weighted by Crippen LogP contribution is -2.39. The van der Waals surface area contributed by atoms with Gasteiger partial charge in [-0.05, 0) is 20.3 Å². The molecule has 1 aromatic rings. The fourth-order valence-electron chi connectivity index (χ4n) is 2.00. The van der Waals surface area contributed by atoms with Gasteiger partial charge in [-0.1, -0.05) is 32.6 Å². The molecule has 0 saturated carbocycles. The summed E-state index contributed by atoms with van der Waals surface area (Å²) in [6.07, 6.45) is 7.26. The van der Waals surface area contributed by atoms with Crippen molar-refractivity contribution in [3.63, 3.8) is 0 Å². The van der Waals surface area contributed by atoms with Crippen molar-refractivity contribution in [1.29, 1.82) is 0 Å². The highest BCUT2D eigenvalue weighted by molar-refractivity contribution is 4.89. The van der Waals surface area contributed by atoms with Crippen molar-refractivity contribution in [2.45, 2.75) is 58.4 Å². The van der Waals surface area contributed by atoms with Gasteiger partial charge in [-0.2, -0.15) is 0 Å². The summed E-state index contributed by atoms with van der Waals surface area (Å²) in [5.74, 6) is 0. The Bertz CT molecular complexity index is 457. The average molecular weight is 238 g/mol. The zero-order valence-electron chi connectivity index (χ0n) is 11.0. The second-order valence-corrected chi connectivity index (χ2v) is 5.10. The van der Waals surface area contributed by atoms with Crippen LogP contribution in [0.5, 0.6) is 0 Å². The molecule has 0 spiro atoms. The molecule has 17 heavy (non-hydrogen) atoms. The Morgan fingerprint density at radius 2 is 1.94 bits per heavy atom. The number of aromatic amines is 1. The molecule has 1 aromatic heterocycles. The Balaban J connectivity index is 2.75. The van der Waals surface area contributed by atoms with E-state index in [1.165, 1.54) is 25.3 Å². The van der Waals surface area contributed by atoms with Crippen LogP contribution in [0, 0.1) is 0 Å². The summed E-state index contributed by atoms with van der Waals surface area (Å²) in [5.41, 5.74) is -0.902. The summed E-state index contributed by atoms with van der Waals surface area (Å²) in [7, 11) is 0. The molecular weight excluding hydrogens is 216 g/mol. The van der Waals surface area contributed by atoms with Gasteiger partial charge < -0.3 is 0 Å². The highest BCUT2D eigenvalue weighted by atomic mass is 16.2. The molecule has 0 aromatic carbocycles. The minimum absolute atomic E-state index is 0.241. The largest absolute Gasteiger partial charge is 0.328 e. The van der Waals surface area contributed by atoms with E-state index in [2.05, 4.69) is 11.9 Å². The molecule has 1 heterocycles. The Morgan fingerprint density at radius 3 is 2.53 bits per heavy atom. The Kier molecular flexibility index (Phi) is 4.73. The molecule has 96 valence electrons. The van der Waals surface area contributed by atoms with Gasteiger partial charge in [0.15, 0.2) is 0 Å². The highest BCUT2D eigenvalue weighted by Gasteiger charge is 2.20. The second-order valence-electron chi connectivity index (χ2n) is 5.10. The number of hydrogen-bond acceptors (Lipinski definition) is 2. The van der Waals surface area contributed by atoms with Gasteiger partial charge in [0.1, 0.15) is 0 Å². The maximum absolute atomic E-state index is 11.7. The zero-order chi connectivity index (χ0) is 12.9. The van der Waals surface area contributed by atoms with Crippen molar-refractivity contribution in [3.05, 3.63) is 33.1 Å². The van der Waals surface area contributed by atoms with Crippen molar-refractivity contribution in [1.82, 2.24) is 9.55 Å². The van der Waals surface area contributed by atoms with Crippen LogP contribution >= 0.6 is 0 Å². The molecule has 0 bridgehead atoms. The first kappa shape index (κ1) is 13.7. The van der Waals surface area contributed by atoms with E-state index >= 15 is 0 Å². The first-order valence-electron chi connectivity index (χ1n) is 6.30. The quantitative estimate of drug-likeness (QED) is 0.773. The molecule has 0 aliphatic carbocycles. The number of hydrogen-bond donors (Lipinski definition) is 1. The maximum atomic E-state index is 11.7. The highest BCUT2D eigenvalue weighted by Crippen LogP contribution is 2.20. The third-order valence-electron chi connectivity index (χ3n) is 3.12. The fraction of sp³-hybridized carbons (Fsp3) is 0.692. The van der Waals surface area contributed by atoms with E-state index in [9.17, 15) is 9.59 Å². The molecule has 4 heteroatoms. The number of aromatic nitrogens is 2. The van der Waals surface area contributed by atoms with E-state index in [0.29, 0.717) is 0 Å². The van der Waals surface area contributed by atoms with Crippen LogP contribution in [0.2, 0.25) is 0 Å². The van der Waals surface area contributed by atoms with Crippen LogP contribution in [0.15, 0.2) is 21.9 Å².